The second-order valence-electron chi connectivity index (χ2n) is 5.53. The summed E-state index contributed by atoms with van der Waals surface area (Å²) < 4.78 is 5.08. The van der Waals surface area contributed by atoms with E-state index in [1.54, 1.807) is 6.07 Å². The van der Waals surface area contributed by atoms with E-state index in [-0.39, 0.29) is 37.1 Å². The zero-order chi connectivity index (χ0) is 15.9. The van der Waals surface area contributed by atoms with E-state index in [4.69, 9.17) is 9.84 Å². The molecule has 0 aliphatic heterocycles. The van der Waals surface area contributed by atoms with Crippen molar-refractivity contribution in [3.8, 4) is 0 Å². The molecule has 0 heterocycles. The highest BCUT2D eigenvalue weighted by molar-refractivity contribution is 6.01. The molecule has 1 aromatic rings. The highest BCUT2D eigenvalue weighted by atomic mass is 16.5. The minimum Gasteiger partial charge on any atom is -0.481 e. The zero-order valence-electron chi connectivity index (χ0n) is 12.4. The predicted molar refractivity (Wildman–Crippen MR) is 79.6 cm³/mol. The van der Waals surface area contributed by atoms with Crippen molar-refractivity contribution in [3.05, 3.63) is 35.4 Å². The molecule has 5 heteroatoms. The van der Waals surface area contributed by atoms with E-state index in [1.807, 2.05) is 18.2 Å². The van der Waals surface area contributed by atoms with Crippen LogP contribution in [-0.4, -0.2) is 29.4 Å². The van der Waals surface area contributed by atoms with Gasteiger partial charge in [-0.2, -0.15) is 0 Å². The summed E-state index contributed by atoms with van der Waals surface area (Å²) in [7, 11) is 0. The third kappa shape index (κ3) is 4.41. The first-order valence-corrected chi connectivity index (χ1v) is 7.57. The summed E-state index contributed by atoms with van der Waals surface area (Å²) in [5.41, 5.74) is 1.76. The molecule has 1 unspecified atom stereocenters. The van der Waals surface area contributed by atoms with Crippen molar-refractivity contribution >= 4 is 17.7 Å². The normalized spacial score (nSPS) is 16.9. The number of unbranched alkanes of at least 4 members (excludes halogenated alkanes) is 1. The Balaban J connectivity index is 1.76. The number of fused-ring (bicyclic) bond motifs is 1. The molecule has 118 valence electrons. The summed E-state index contributed by atoms with van der Waals surface area (Å²) in [5.74, 6) is -1.52. The van der Waals surface area contributed by atoms with Crippen molar-refractivity contribution in [1.82, 2.24) is 0 Å². The molecular weight excluding hydrogens is 284 g/mol. The van der Waals surface area contributed by atoms with Gasteiger partial charge in [0.1, 0.15) is 0 Å². The molecule has 0 saturated heterocycles. The van der Waals surface area contributed by atoms with Crippen LogP contribution < -0.4 is 0 Å². The lowest BCUT2D eigenvalue weighted by molar-refractivity contribution is -0.144. The molecule has 0 radical (unpaired) electrons. The van der Waals surface area contributed by atoms with Crippen LogP contribution in [0.25, 0.3) is 0 Å². The van der Waals surface area contributed by atoms with Gasteiger partial charge in [0.05, 0.1) is 13.0 Å². The predicted octanol–water partition coefficient (Wildman–Crippen LogP) is 2.62. The molecule has 0 bridgehead atoms. The van der Waals surface area contributed by atoms with Crippen LogP contribution in [0, 0.1) is 5.92 Å². The van der Waals surface area contributed by atoms with Crippen LogP contribution in [0.3, 0.4) is 0 Å². The number of aryl methyl sites for hydroxylation is 1. The number of aliphatic carboxylic acids is 1. The Bertz CT molecular complexity index is 564. The van der Waals surface area contributed by atoms with Gasteiger partial charge in [-0.1, -0.05) is 24.3 Å². The van der Waals surface area contributed by atoms with E-state index < -0.39 is 5.97 Å². The van der Waals surface area contributed by atoms with Crippen molar-refractivity contribution in [3.63, 3.8) is 0 Å². The molecule has 0 aromatic heterocycles. The van der Waals surface area contributed by atoms with Gasteiger partial charge in [-0.15, -0.1) is 0 Å². The smallest absolute Gasteiger partial charge is 0.306 e. The summed E-state index contributed by atoms with van der Waals surface area (Å²) in [6, 6.07) is 7.50. The van der Waals surface area contributed by atoms with E-state index in [0.717, 1.165) is 12.0 Å². The van der Waals surface area contributed by atoms with E-state index in [9.17, 15) is 14.4 Å². The third-order valence-corrected chi connectivity index (χ3v) is 3.88. The molecular formula is C17H20O5. The van der Waals surface area contributed by atoms with Gasteiger partial charge in [0.15, 0.2) is 5.78 Å². The van der Waals surface area contributed by atoms with Gasteiger partial charge in [0.25, 0.3) is 0 Å². The lowest BCUT2D eigenvalue weighted by Crippen LogP contribution is -2.25. The molecule has 1 atom stereocenters. The van der Waals surface area contributed by atoms with Gasteiger partial charge >= 0.3 is 11.9 Å². The van der Waals surface area contributed by atoms with Gasteiger partial charge in [-0.25, -0.2) is 0 Å². The summed E-state index contributed by atoms with van der Waals surface area (Å²) in [6.07, 6.45) is 2.67. The van der Waals surface area contributed by atoms with Gasteiger partial charge < -0.3 is 9.84 Å². The number of ketones is 1. The minimum atomic E-state index is -0.849. The maximum Gasteiger partial charge on any atom is 0.306 e. The fourth-order valence-electron chi connectivity index (χ4n) is 2.68. The lowest BCUT2D eigenvalue weighted by atomic mass is 9.81. The summed E-state index contributed by atoms with van der Waals surface area (Å²) in [6.45, 7) is 0.212. The number of carboxylic acids is 1. The van der Waals surface area contributed by atoms with Crippen molar-refractivity contribution < 1.29 is 24.2 Å². The van der Waals surface area contributed by atoms with Gasteiger partial charge in [0, 0.05) is 17.9 Å². The van der Waals surface area contributed by atoms with Crippen molar-refractivity contribution in [2.45, 2.75) is 38.5 Å². The highest BCUT2D eigenvalue weighted by Gasteiger charge is 2.29. The third-order valence-electron chi connectivity index (χ3n) is 3.88. The summed E-state index contributed by atoms with van der Waals surface area (Å²) in [5, 5.41) is 8.50. The largest absolute Gasteiger partial charge is 0.481 e. The monoisotopic (exact) mass is 304 g/mol. The van der Waals surface area contributed by atoms with E-state index >= 15 is 0 Å². The first-order chi connectivity index (χ1) is 10.6. The number of benzene rings is 1. The molecule has 2 rings (SSSR count). The van der Waals surface area contributed by atoms with E-state index in [1.165, 1.54) is 0 Å². The number of ether oxygens (including phenoxy) is 1. The van der Waals surface area contributed by atoms with Crippen molar-refractivity contribution in [1.29, 1.82) is 0 Å². The Kier molecular flexibility index (Phi) is 5.69. The van der Waals surface area contributed by atoms with Crippen LogP contribution in [0.15, 0.2) is 24.3 Å². The second kappa shape index (κ2) is 7.73. The maximum absolute atomic E-state index is 12.3. The van der Waals surface area contributed by atoms with Crippen LogP contribution in [0.5, 0.6) is 0 Å². The Hall–Kier alpha value is -2.17. The van der Waals surface area contributed by atoms with Crippen LogP contribution in [0.1, 0.15) is 48.0 Å². The Morgan fingerprint density at radius 1 is 1.23 bits per heavy atom. The minimum absolute atomic E-state index is 0.0182. The Morgan fingerprint density at radius 2 is 2.00 bits per heavy atom. The first kappa shape index (κ1) is 16.2. The number of esters is 1. The molecule has 0 amide bonds. The van der Waals surface area contributed by atoms with E-state index in [0.29, 0.717) is 24.8 Å². The molecule has 0 fully saturated rings. The van der Waals surface area contributed by atoms with Crippen LogP contribution in [0.4, 0.5) is 0 Å². The Labute approximate surface area is 129 Å². The summed E-state index contributed by atoms with van der Waals surface area (Å²) in [4.78, 5) is 34.5. The summed E-state index contributed by atoms with van der Waals surface area (Å²) >= 11 is 0. The van der Waals surface area contributed by atoms with Crippen molar-refractivity contribution in [2.75, 3.05) is 6.61 Å². The highest BCUT2D eigenvalue weighted by Crippen LogP contribution is 2.27. The van der Waals surface area contributed by atoms with Crippen LogP contribution >= 0.6 is 0 Å². The molecule has 0 spiro atoms. The lowest BCUT2D eigenvalue weighted by Gasteiger charge is -2.22. The Morgan fingerprint density at radius 3 is 2.77 bits per heavy atom. The zero-order valence-corrected chi connectivity index (χ0v) is 12.4. The first-order valence-electron chi connectivity index (χ1n) is 7.57. The number of Topliss-reactive ketones (excluding diaryl/α,β-unsaturated/α-hetero) is 1. The van der Waals surface area contributed by atoms with Gasteiger partial charge in [-0.05, 0) is 31.2 Å². The number of carbonyl (C=O) groups is 3. The molecule has 1 N–H and O–H groups in total. The number of carbonyl (C=O) groups excluding carboxylic acids is 2. The average Bonchev–Trinajstić information content (AvgIpc) is 2.50. The average molecular weight is 304 g/mol. The molecule has 0 saturated carbocycles. The molecule has 1 aliphatic rings. The van der Waals surface area contributed by atoms with Crippen LogP contribution in [-0.2, 0) is 20.7 Å². The standard InChI is InChI=1S/C17H20O5/c18-15(19)7-3-4-10-22-16(20)11-13-9-8-12-5-1-2-6-14(12)17(13)21/h1-2,5-6,13H,3-4,7-11H2,(H,18,19). The number of hydrogen-bond acceptors (Lipinski definition) is 4. The van der Waals surface area contributed by atoms with Crippen LogP contribution in [0.2, 0.25) is 0 Å². The van der Waals surface area contributed by atoms with Gasteiger partial charge in [-0.3, -0.25) is 14.4 Å². The number of carboxylic acid groups (broad SMARTS) is 1. The molecule has 22 heavy (non-hydrogen) atoms. The quantitative estimate of drug-likeness (QED) is 0.618. The fourth-order valence-corrected chi connectivity index (χ4v) is 2.68. The maximum atomic E-state index is 12.3. The number of rotatable bonds is 7. The molecule has 1 aromatic carbocycles. The molecule has 5 nitrogen and oxygen atoms in total. The number of hydrogen-bond donors (Lipinski definition) is 1. The fraction of sp³-hybridized carbons (Fsp3) is 0.471. The SMILES string of the molecule is O=C(O)CCCCOC(=O)CC1CCc2ccccc2C1=O. The van der Waals surface area contributed by atoms with Gasteiger partial charge in [0.2, 0.25) is 0 Å². The second-order valence-corrected chi connectivity index (χ2v) is 5.53. The topological polar surface area (TPSA) is 80.7 Å². The van der Waals surface area contributed by atoms with E-state index in [2.05, 4.69) is 0 Å². The van der Waals surface area contributed by atoms with Crippen molar-refractivity contribution in [2.24, 2.45) is 5.92 Å². The molecule has 1 aliphatic carbocycles.